The first-order chi connectivity index (χ1) is 35.5. The summed E-state index contributed by atoms with van der Waals surface area (Å²) < 4.78 is 14.7. The lowest BCUT2D eigenvalue weighted by Crippen LogP contribution is -2.41. The summed E-state index contributed by atoms with van der Waals surface area (Å²) in [5.41, 5.74) is 14.3. The van der Waals surface area contributed by atoms with Crippen LogP contribution in [0.2, 0.25) is 0 Å². The number of hydrogen-bond acceptors (Lipinski definition) is 2. The molecule has 10 rings (SSSR count). The smallest absolute Gasteiger partial charge is 0.399 e. The normalized spacial score (nSPS) is 14.3. The molecule has 1 saturated heterocycles. The first-order valence-corrected chi connectivity index (χ1v) is 29.0. The minimum atomic E-state index is -0.288. The molecule has 0 spiro atoms. The fraction of sp³-hybridized carbons (Fsp3) is 0.343. The van der Waals surface area contributed by atoms with Crippen LogP contribution >= 0.6 is 31.9 Å². The Labute approximate surface area is 467 Å². The summed E-state index contributed by atoms with van der Waals surface area (Å²) in [6.07, 6.45) is 0. The largest absolute Gasteiger partial charge is 0.494 e. The monoisotopic (exact) mass is 1120 g/mol. The molecule has 0 atom stereocenters. The summed E-state index contributed by atoms with van der Waals surface area (Å²) in [4.78, 5) is 0. The van der Waals surface area contributed by atoms with Crippen LogP contribution in [-0.4, -0.2) is 18.3 Å². The SMILES string of the molecule is Brc1c2ccccc2c(Br)c2ccccc12.CC(C)c1cc(-c2c3ccccc3c(-c3cc(C(C)C)cc(C(C)C)c3)c3ccccc23)cc(C(C)C)c1.CC(C)c1cc(B2OC(C)(C)C(C)(C)O2)cc(C(C)C)c1. The van der Waals surface area contributed by atoms with Gasteiger partial charge in [0.1, 0.15) is 0 Å². The molecule has 0 saturated carbocycles. The van der Waals surface area contributed by atoms with E-state index < -0.39 is 0 Å². The van der Waals surface area contributed by atoms with Gasteiger partial charge in [-0.15, -0.1) is 0 Å². The Bertz CT molecular complexity index is 3120. The molecular formula is C70H79BBr2O2. The van der Waals surface area contributed by atoms with Crippen molar-refractivity contribution in [3.8, 4) is 22.3 Å². The fourth-order valence-corrected chi connectivity index (χ4v) is 11.6. The second kappa shape index (κ2) is 22.9. The maximum atomic E-state index is 6.20. The van der Waals surface area contributed by atoms with Crippen molar-refractivity contribution >= 4 is 87.5 Å². The highest BCUT2D eigenvalue weighted by Crippen LogP contribution is 2.46. The van der Waals surface area contributed by atoms with Crippen molar-refractivity contribution in [2.45, 2.75) is 157 Å². The Morgan fingerprint density at radius 3 is 0.760 bits per heavy atom. The van der Waals surface area contributed by atoms with E-state index in [-0.39, 0.29) is 18.3 Å². The van der Waals surface area contributed by atoms with Gasteiger partial charge < -0.3 is 9.31 Å². The number of rotatable bonds is 9. The third kappa shape index (κ3) is 11.8. The van der Waals surface area contributed by atoms with Crippen LogP contribution in [0.3, 0.4) is 0 Å². The molecule has 1 aliphatic rings. The molecule has 5 heteroatoms. The van der Waals surface area contributed by atoms with Crippen LogP contribution in [-0.2, 0) is 9.31 Å². The Morgan fingerprint density at radius 2 is 0.533 bits per heavy atom. The van der Waals surface area contributed by atoms with Gasteiger partial charge in [-0.3, -0.25) is 0 Å². The van der Waals surface area contributed by atoms with E-state index in [1.165, 1.54) is 108 Å². The lowest BCUT2D eigenvalue weighted by molar-refractivity contribution is 0.00578. The highest BCUT2D eigenvalue weighted by atomic mass is 79.9. The van der Waals surface area contributed by atoms with E-state index in [1.54, 1.807) is 0 Å². The minimum Gasteiger partial charge on any atom is -0.399 e. The molecule has 0 aromatic heterocycles. The zero-order valence-electron chi connectivity index (χ0n) is 47.5. The third-order valence-electron chi connectivity index (χ3n) is 15.8. The lowest BCUT2D eigenvalue weighted by Gasteiger charge is -2.32. The molecule has 1 fully saturated rings. The van der Waals surface area contributed by atoms with Crippen LogP contribution in [0.25, 0.3) is 65.3 Å². The maximum Gasteiger partial charge on any atom is 0.494 e. The average molecular weight is 1120 g/mol. The molecule has 0 unspecified atom stereocenters. The highest BCUT2D eigenvalue weighted by Gasteiger charge is 2.51. The van der Waals surface area contributed by atoms with Gasteiger partial charge in [0.25, 0.3) is 0 Å². The van der Waals surface area contributed by atoms with E-state index in [2.05, 4.69) is 294 Å². The van der Waals surface area contributed by atoms with Crippen LogP contribution < -0.4 is 5.46 Å². The summed E-state index contributed by atoms with van der Waals surface area (Å²) in [7, 11) is -0.272. The molecule has 0 radical (unpaired) electrons. The molecule has 1 aliphatic heterocycles. The van der Waals surface area contributed by atoms with Crippen molar-refractivity contribution in [1.82, 2.24) is 0 Å². The molecule has 1 heterocycles. The van der Waals surface area contributed by atoms with E-state index in [4.69, 9.17) is 9.31 Å². The van der Waals surface area contributed by atoms with Crippen LogP contribution in [0.4, 0.5) is 0 Å². The first-order valence-electron chi connectivity index (χ1n) is 27.5. The van der Waals surface area contributed by atoms with Gasteiger partial charge in [0.15, 0.2) is 0 Å². The van der Waals surface area contributed by atoms with E-state index in [9.17, 15) is 0 Å². The van der Waals surface area contributed by atoms with Gasteiger partial charge in [0.2, 0.25) is 0 Å². The number of fused-ring (bicyclic) bond motifs is 4. The van der Waals surface area contributed by atoms with Gasteiger partial charge in [0, 0.05) is 8.95 Å². The van der Waals surface area contributed by atoms with Crippen molar-refractivity contribution in [2.24, 2.45) is 0 Å². The zero-order valence-corrected chi connectivity index (χ0v) is 50.7. The molecule has 0 amide bonds. The van der Waals surface area contributed by atoms with Gasteiger partial charge in [-0.05, 0) is 199 Å². The van der Waals surface area contributed by atoms with Gasteiger partial charge in [-0.1, -0.05) is 235 Å². The predicted octanol–water partition coefficient (Wildman–Crippen LogP) is 21.6. The summed E-state index contributed by atoms with van der Waals surface area (Å²) in [5, 5.41) is 10.3. The Morgan fingerprint density at radius 1 is 0.320 bits per heavy atom. The second-order valence-electron chi connectivity index (χ2n) is 23.8. The van der Waals surface area contributed by atoms with Gasteiger partial charge >= 0.3 is 7.12 Å². The van der Waals surface area contributed by atoms with E-state index in [1.807, 2.05) is 0 Å². The molecule has 0 aliphatic carbocycles. The summed E-state index contributed by atoms with van der Waals surface area (Å²) >= 11 is 7.39. The quantitative estimate of drug-likeness (QED) is 0.106. The second-order valence-corrected chi connectivity index (χ2v) is 25.4. The fourth-order valence-electron chi connectivity index (χ4n) is 10.2. The summed E-state index contributed by atoms with van der Waals surface area (Å²) in [5.74, 6) is 2.94. The van der Waals surface area contributed by atoms with Gasteiger partial charge in [0.05, 0.1) is 11.2 Å². The Kier molecular flexibility index (Phi) is 17.1. The zero-order chi connectivity index (χ0) is 54.3. The number of halogens is 2. The topological polar surface area (TPSA) is 18.5 Å². The van der Waals surface area contributed by atoms with Crippen LogP contribution in [0.15, 0.2) is 161 Å². The van der Waals surface area contributed by atoms with Crippen molar-refractivity contribution in [2.75, 3.05) is 0 Å². The summed E-state index contributed by atoms with van der Waals surface area (Å²) in [6, 6.07) is 56.2. The predicted molar refractivity (Wildman–Crippen MR) is 336 cm³/mol. The molecule has 0 bridgehead atoms. The van der Waals surface area contributed by atoms with Crippen LogP contribution in [0.1, 0.15) is 180 Å². The van der Waals surface area contributed by atoms with Gasteiger partial charge in [-0.2, -0.15) is 0 Å². The van der Waals surface area contributed by atoms with E-state index in [0.717, 1.165) is 5.46 Å². The minimum absolute atomic E-state index is 0.272. The van der Waals surface area contributed by atoms with Crippen molar-refractivity contribution < 1.29 is 9.31 Å². The van der Waals surface area contributed by atoms with Crippen LogP contribution in [0, 0.1) is 0 Å². The van der Waals surface area contributed by atoms with Crippen molar-refractivity contribution in [3.63, 3.8) is 0 Å². The molecule has 0 N–H and O–H groups in total. The Balaban J connectivity index is 0.000000168. The summed E-state index contributed by atoms with van der Waals surface area (Å²) in [6.45, 7) is 35.7. The third-order valence-corrected chi connectivity index (χ3v) is 17.5. The van der Waals surface area contributed by atoms with Gasteiger partial charge in [-0.25, -0.2) is 0 Å². The molecule has 2 nitrogen and oxygen atoms in total. The molecule has 9 aromatic rings. The maximum absolute atomic E-state index is 6.20. The number of hydrogen-bond donors (Lipinski definition) is 0. The molecule has 75 heavy (non-hydrogen) atoms. The standard InChI is InChI=1S/C38H42.C18H29BO2.C14H8Br2/c1-23(2)27-17-28(24(3)4)20-31(19-27)37-33-13-9-11-15-35(33)38(36-16-12-10-14-34(36)37)32-21-29(25(5)6)18-30(22-32)26(7)8;1-12(2)14-9-15(13(3)4)11-16(10-14)19-20-17(5,6)18(7,8)21-19;15-13-9-5-1-2-6-10(9)14(16)12-8-4-3-7-11(12)13/h9-26H,1-8H3;9-13H,1-8H3;1-8H. The lowest BCUT2D eigenvalue weighted by atomic mass is 9.75. The highest BCUT2D eigenvalue weighted by molar-refractivity contribution is 9.11. The molecule has 9 aromatic carbocycles. The van der Waals surface area contributed by atoms with Crippen molar-refractivity contribution in [3.05, 3.63) is 194 Å². The van der Waals surface area contributed by atoms with Crippen molar-refractivity contribution in [1.29, 1.82) is 0 Å². The van der Waals surface area contributed by atoms with E-state index in [0.29, 0.717) is 35.5 Å². The molecule has 388 valence electrons. The van der Waals surface area contributed by atoms with Crippen LogP contribution in [0.5, 0.6) is 0 Å². The first kappa shape index (κ1) is 56.2. The molecular weight excluding hydrogens is 1040 g/mol. The van der Waals surface area contributed by atoms with E-state index >= 15 is 0 Å². The average Bonchev–Trinajstić information content (AvgIpc) is 3.62. The number of benzene rings is 9. The Hall–Kier alpha value is -5.04.